The van der Waals surface area contributed by atoms with Gasteiger partial charge in [0.05, 0.1) is 16.9 Å². The van der Waals surface area contributed by atoms with Gasteiger partial charge in [0.25, 0.3) is 0 Å². The molecule has 0 aromatic carbocycles. The number of carbonyl (C=O) groups excluding carboxylic acids is 2. The Bertz CT molecular complexity index is 798. The maximum Gasteiger partial charge on any atom is 0.246 e. The van der Waals surface area contributed by atoms with Crippen molar-refractivity contribution >= 4 is 40.5 Å². The summed E-state index contributed by atoms with van der Waals surface area (Å²) < 4.78 is 6.27. The number of ether oxygens (including phenoxy) is 1. The molecule has 2 unspecified atom stereocenters. The molecule has 0 saturated carbocycles. The van der Waals surface area contributed by atoms with Crippen LogP contribution in [-0.2, 0) is 14.3 Å². The normalized spacial score (nSPS) is 24.0. The fourth-order valence-corrected chi connectivity index (χ4v) is 5.83. The minimum Gasteiger partial charge on any atom is -0.472 e. The predicted octanol–water partition coefficient (Wildman–Crippen LogP) is 2.45. The van der Waals surface area contributed by atoms with Crippen LogP contribution in [0.25, 0.3) is 0 Å². The molecule has 10 heteroatoms. The van der Waals surface area contributed by atoms with Crippen LogP contribution in [0.4, 0.5) is 0 Å². The molecule has 0 aliphatic carbocycles. The highest BCUT2D eigenvalue weighted by molar-refractivity contribution is 8.25. The van der Waals surface area contributed by atoms with E-state index in [2.05, 4.69) is 36.4 Å². The molecule has 2 amide bonds. The number of piperidine rings is 1. The molecule has 0 spiro atoms. The molecule has 33 heavy (non-hydrogen) atoms. The Kier molecular flexibility index (Phi) is 9.17. The first-order valence-corrected chi connectivity index (χ1v) is 13.4. The molecule has 0 bridgehead atoms. The average Bonchev–Trinajstić information content (AvgIpc) is 3.41. The van der Waals surface area contributed by atoms with E-state index >= 15 is 0 Å². The van der Waals surface area contributed by atoms with E-state index in [9.17, 15) is 9.59 Å². The summed E-state index contributed by atoms with van der Waals surface area (Å²) in [7, 11) is 3.93. The molecule has 0 radical (unpaired) electrons. The van der Waals surface area contributed by atoms with Crippen LogP contribution in [0.5, 0.6) is 0 Å². The second-order valence-electron chi connectivity index (χ2n) is 9.81. The highest BCUT2D eigenvalue weighted by Crippen LogP contribution is 2.33. The first-order valence-electron chi connectivity index (χ1n) is 11.5. The maximum atomic E-state index is 12.7. The zero-order valence-electron chi connectivity index (χ0n) is 20.3. The largest absolute Gasteiger partial charge is 0.472 e. The highest BCUT2D eigenvalue weighted by Gasteiger charge is 2.31. The lowest BCUT2D eigenvalue weighted by Crippen LogP contribution is -2.43. The number of carbonyl (C=O) groups is 2. The van der Waals surface area contributed by atoms with Gasteiger partial charge < -0.3 is 25.2 Å². The molecule has 3 aliphatic rings. The lowest BCUT2D eigenvalue weighted by atomic mass is 9.95. The van der Waals surface area contributed by atoms with Gasteiger partial charge in [-0.3, -0.25) is 14.6 Å². The first kappa shape index (κ1) is 26.0. The van der Waals surface area contributed by atoms with Gasteiger partial charge in [-0.1, -0.05) is 38.6 Å². The van der Waals surface area contributed by atoms with E-state index in [1.165, 1.54) is 0 Å². The van der Waals surface area contributed by atoms with Crippen molar-refractivity contribution in [2.24, 2.45) is 16.3 Å². The Morgan fingerprint density at radius 3 is 2.73 bits per heavy atom. The number of thioether (sulfide) groups is 2. The van der Waals surface area contributed by atoms with Crippen LogP contribution in [-0.4, -0.2) is 83.6 Å². The van der Waals surface area contributed by atoms with Crippen LogP contribution in [0.3, 0.4) is 0 Å². The SMILES string of the molecule is CN(C)C/C=C/C(=O)N1CCC(C(=O)NC2=NCC(SCC3NC=C(C(C)(C)C)O3)S2)CC1. The number of aliphatic imine (C=N–C) groups is 1. The van der Waals surface area contributed by atoms with Crippen molar-refractivity contribution < 1.29 is 14.3 Å². The number of allylic oxidation sites excluding steroid dienone is 1. The van der Waals surface area contributed by atoms with Gasteiger partial charge in [-0.05, 0) is 26.9 Å². The van der Waals surface area contributed by atoms with Crippen molar-refractivity contribution in [3.8, 4) is 0 Å². The predicted molar refractivity (Wildman–Crippen MR) is 137 cm³/mol. The van der Waals surface area contributed by atoms with Crippen molar-refractivity contribution in [2.75, 3.05) is 46.0 Å². The third-order valence-electron chi connectivity index (χ3n) is 5.61. The summed E-state index contributed by atoms with van der Waals surface area (Å²) in [5.74, 6) is 1.76. The van der Waals surface area contributed by atoms with Crippen LogP contribution < -0.4 is 10.6 Å². The van der Waals surface area contributed by atoms with Crippen LogP contribution >= 0.6 is 23.5 Å². The van der Waals surface area contributed by atoms with Crippen LogP contribution in [0.15, 0.2) is 29.1 Å². The molecular weight excluding hydrogens is 458 g/mol. The monoisotopic (exact) mass is 495 g/mol. The Hall–Kier alpha value is -1.65. The molecular formula is C23H37N5O3S2. The van der Waals surface area contributed by atoms with Gasteiger partial charge in [-0.2, -0.15) is 0 Å². The molecule has 1 fully saturated rings. The molecule has 8 nitrogen and oxygen atoms in total. The molecule has 2 N–H and O–H groups in total. The Labute approximate surface area is 206 Å². The third kappa shape index (κ3) is 7.96. The summed E-state index contributed by atoms with van der Waals surface area (Å²) in [5, 5.41) is 7.01. The van der Waals surface area contributed by atoms with E-state index in [-0.39, 0.29) is 34.0 Å². The van der Waals surface area contributed by atoms with E-state index in [0.29, 0.717) is 37.6 Å². The fraction of sp³-hybridized carbons (Fsp3) is 0.696. The standard InChI is InChI=1S/C23H37N5O3S2/c1-23(2,3)17-13-24-18(31-17)15-32-20-14-25-22(33-20)26-21(30)16-8-11-28(12-9-16)19(29)7-6-10-27(4)5/h6-7,13,16,18,20,24H,8-12,14-15H2,1-5H3,(H,25,26,30)/b7-6+. The van der Waals surface area contributed by atoms with E-state index in [1.54, 1.807) is 29.6 Å². The number of amidine groups is 1. The number of likely N-dealkylation sites (N-methyl/N-ethyl adjacent to an activating group) is 1. The van der Waals surface area contributed by atoms with Gasteiger partial charge in [0.1, 0.15) is 5.76 Å². The van der Waals surface area contributed by atoms with Gasteiger partial charge in [0.2, 0.25) is 11.8 Å². The zero-order valence-corrected chi connectivity index (χ0v) is 21.9. The lowest BCUT2D eigenvalue weighted by Gasteiger charge is -2.30. The van der Waals surface area contributed by atoms with Crippen LogP contribution in [0.2, 0.25) is 0 Å². The number of rotatable bonds is 7. The molecule has 1 saturated heterocycles. The smallest absolute Gasteiger partial charge is 0.246 e. The number of amides is 2. The molecule has 0 aromatic heterocycles. The number of hydrogen-bond donors (Lipinski definition) is 2. The molecule has 184 valence electrons. The second-order valence-corrected chi connectivity index (χ2v) is 12.5. The quantitative estimate of drug-likeness (QED) is 0.525. The Morgan fingerprint density at radius 2 is 2.09 bits per heavy atom. The fourth-order valence-electron chi connectivity index (χ4n) is 3.61. The minimum absolute atomic E-state index is 0.00129. The first-order chi connectivity index (χ1) is 15.6. The van der Waals surface area contributed by atoms with Crippen molar-refractivity contribution in [2.45, 2.75) is 44.4 Å². The molecule has 2 atom stereocenters. The molecule has 3 aliphatic heterocycles. The van der Waals surface area contributed by atoms with Crippen molar-refractivity contribution in [3.63, 3.8) is 0 Å². The summed E-state index contributed by atoms with van der Waals surface area (Å²) in [6.07, 6.45) is 6.82. The average molecular weight is 496 g/mol. The van der Waals surface area contributed by atoms with Gasteiger partial charge in [0.15, 0.2) is 11.4 Å². The van der Waals surface area contributed by atoms with Crippen LogP contribution in [0, 0.1) is 11.3 Å². The summed E-state index contributed by atoms with van der Waals surface area (Å²) in [5.41, 5.74) is 0.00129. The zero-order chi connectivity index (χ0) is 24.0. The summed E-state index contributed by atoms with van der Waals surface area (Å²) in [4.78, 5) is 33.3. The second kappa shape index (κ2) is 11.7. The van der Waals surface area contributed by atoms with Crippen molar-refractivity contribution in [1.29, 1.82) is 0 Å². The Balaban J connectivity index is 1.33. The highest BCUT2D eigenvalue weighted by atomic mass is 32.2. The van der Waals surface area contributed by atoms with Gasteiger partial charge in [-0.15, -0.1) is 11.8 Å². The number of nitrogens with one attached hydrogen (secondary N) is 2. The number of nitrogens with zero attached hydrogens (tertiary/aromatic N) is 3. The lowest BCUT2D eigenvalue weighted by molar-refractivity contribution is -0.131. The molecule has 0 aromatic rings. The molecule has 3 heterocycles. The van der Waals surface area contributed by atoms with Gasteiger partial charge >= 0.3 is 0 Å². The topological polar surface area (TPSA) is 86.3 Å². The maximum absolute atomic E-state index is 12.7. The molecule has 3 rings (SSSR count). The summed E-state index contributed by atoms with van der Waals surface area (Å²) in [6.45, 7) is 9.05. The van der Waals surface area contributed by atoms with E-state index in [4.69, 9.17) is 4.74 Å². The van der Waals surface area contributed by atoms with Gasteiger partial charge in [-0.25, -0.2) is 0 Å². The van der Waals surface area contributed by atoms with Gasteiger partial charge in [0, 0.05) is 43.2 Å². The number of hydrogen-bond acceptors (Lipinski definition) is 8. The summed E-state index contributed by atoms with van der Waals surface area (Å²) >= 11 is 3.41. The Morgan fingerprint density at radius 1 is 1.36 bits per heavy atom. The van der Waals surface area contributed by atoms with E-state index in [1.807, 2.05) is 36.2 Å². The van der Waals surface area contributed by atoms with Crippen LogP contribution in [0.1, 0.15) is 33.6 Å². The van der Waals surface area contributed by atoms with Crippen molar-refractivity contribution in [1.82, 2.24) is 20.4 Å². The summed E-state index contributed by atoms with van der Waals surface area (Å²) in [6, 6.07) is 0. The third-order valence-corrected chi connectivity index (χ3v) is 8.19. The van der Waals surface area contributed by atoms with Crippen molar-refractivity contribution in [3.05, 3.63) is 24.1 Å². The minimum atomic E-state index is -0.0761. The van der Waals surface area contributed by atoms with E-state index < -0.39 is 0 Å². The van der Waals surface area contributed by atoms with E-state index in [0.717, 1.165) is 18.1 Å². The number of likely N-dealkylation sites (tertiary alicyclic amines) is 1.